The molecule has 0 saturated carbocycles. The van der Waals surface area contributed by atoms with E-state index in [0.717, 1.165) is 39.1 Å². The first-order valence-electron chi connectivity index (χ1n) is 12.6. The zero-order valence-corrected chi connectivity index (χ0v) is 24.6. The van der Waals surface area contributed by atoms with Crippen molar-refractivity contribution in [2.45, 2.75) is 0 Å². The van der Waals surface area contributed by atoms with Crippen molar-refractivity contribution in [3.8, 4) is 34.0 Å². The molecule has 4 aromatic heterocycles. The van der Waals surface area contributed by atoms with Crippen LogP contribution in [0.25, 0.3) is 44.9 Å². The van der Waals surface area contributed by atoms with E-state index in [1.54, 1.807) is 19.4 Å². The van der Waals surface area contributed by atoms with Crippen molar-refractivity contribution in [2.75, 3.05) is 0 Å². The van der Waals surface area contributed by atoms with E-state index >= 15 is 0 Å². The largest absolute Gasteiger partial charge is 3.00 e. The van der Waals surface area contributed by atoms with E-state index in [-0.39, 0.29) is 20.1 Å². The Labute approximate surface area is 252 Å². The monoisotopic (exact) mass is 712 g/mol. The van der Waals surface area contributed by atoms with Gasteiger partial charge in [-0.25, -0.2) is 4.98 Å². The first-order chi connectivity index (χ1) is 19.8. The average molecular weight is 712 g/mol. The zero-order chi connectivity index (χ0) is 27.4. The summed E-state index contributed by atoms with van der Waals surface area (Å²) in [6, 6.07) is 45.5. The van der Waals surface area contributed by atoms with Gasteiger partial charge in [-0.3, -0.25) is 0 Å². The number of para-hydroxylation sites is 1. The van der Waals surface area contributed by atoms with Crippen LogP contribution in [0.1, 0.15) is 0 Å². The number of tetrazole rings is 1. The standard InChI is InChI=1S/C11H9N5.2C11H8N.Ir/c1-16-14-11(13-15-16)10-7-6-8-4-2-3-5-9(8)12-10;2*1-2-6-10(7-3-1)11-8-4-5-9-12-11;/h2-7H,1H3;2*1-6,8-9H;/q;2*-1;+3. The Morgan fingerprint density at radius 3 is 1.71 bits per heavy atom. The minimum absolute atomic E-state index is 0. The second kappa shape index (κ2) is 15.0. The molecule has 0 atom stereocenters. The summed E-state index contributed by atoms with van der Waals surface area (Å²) < 4.78 is 0. The summed E-state index contributed by atoms with van der Waals surface area (Å²) in [6.07, 6.45) is 3.58. The average Bonchev–Trinajstić information content (AvgIpc) is 3.49. The van der Waals surface area contributed by atoms with Gasteiger partial charge >= 0.3 is 20.1 Å². The van der Waals surface area contributed by atoms with Crippen molar-refractivity contribution in [1.82, 2.24) is 30.4 Å². The SMILES string of the molecule is C[n+]1n[n-]c(-c2ccc3ccccc3n2)n1.[Ir+3].[c-]1ccccc1-c1ccccn1.[c-]1ccccc1-c1ccccn1. The number of nitrogens with zero attached hydrogens (tertiary/aromatic N) is 7. The smallest absolute Gasteiger partial charge is 0.305 e. The minimum atomic E-state index is 0. The normalized spacial score (nSPS) is 9.88. The Hall–Kier alpha value is -4.91. The van der Waals surface area contributed by atoms with Gasteiger partial charge in [0.25, 0.3) is 0 Å². The van der Waals surface area contributed by atoms with Crippen LogP contribution >= 0.6 is 0 Å². The molecule has 4 heterocycles. The van der Waals surface area contributed by atoms with Gasteiger partial charge in [-0.1, -0.05) is 48.5 Å². The number of aryl methyl sites for hydroxylation is 1. The molecule has 0 bridgehead atoms. The van der Waals surface area contributed by atoms with Crippen LogP contribution in [0.5, 0.6) is 0 Å². The molecule has 41 heavy (non-hydrogen) atoms. The number of rotatable bonds is 3. The fourth-order valence-electron chi connectivity index (χ4n) is 3.73. The number of benzene rings is 3. The quantitative estimate of drug-likeness (QED) is 0.176. The van der Waals surface area contributed by atoms with Gasteiger partial charge in [0, 0.05) is 17.8 Å². The maximum Gasteiger partial charge on any atom is 3.00 e. The third-order valence-electron chi connectivity index (χ3n) is 5.64. The fraction of sp³-hybridized carbons (Fsp3) is 0.0303. The zero-order valence-electron chi connectivity index (χ0n) is 22.2. The maximum absolute atomic E-state index is 4.48. The Balaban J connectivity index is 0.000000142. The van der Waals surface area contributed by atoms with Crippen LogP contribution in [0, 0.1) is 12.1 Å². The van der Waals surface area contributed by atoms with Crippen LogP contribution in [-0.2, 0) is 27.2 Å². The molecule has 8 heteroatoms. The summed E-state index contributed by atoms with van der Waals surface area (Å²) in [5.41, 5.74) is 5.70. The summed E-state index contributed by atoms with van der Waals surface area (Å²) in [7, 11) is 1.73. The van der Waals surface area contributed by atoms with Gasteiger partial charge in [0.2, 0.25) is 5.82 Å². The fourth-order valence-corrected chi connectivity index (χ4v) is 3.73. The van der Waals surface area contributed by atoms with E-state index < -0.39 is 0 Å². The molecule has 0 saturated heterocycles. The summed E-state index contributed by atoms with van der Waals surface area (Å²) in [5, 5.41) is 12.9. The van der Waals surface area contributed by atoms with E-state index in [4.69, 9.17) is 0 Å². The molecule has 0 spiro atoms. The topological polar surface area (TPSA) is 82.4 Å². The third-order valence-corrected chi connectivity index (χ3v) is 5.64. The molecule has 0 aliphatic rings. The molecule has 0 aliphatic carbocycles. The van der Waals surface area contributed by atoms with E-state index in [1.807, 2.05) is 121 Å². The Bertz CT molecular complexity index is 1590. The Morgan fingerprint density at radius 1 is 0.610 bits per heavy atom. The van der Waals surface area contributed by atoms with E-state index in [9.17, 15) is 0 Å². The molecule has 0 aliphatic heterocycles. The molecule has 7 nitrogen and oxygen atoms in total. The summed E-state index contributed by atoms with van der Waals surface area (Å²) in [4.78, 5) is 14.3. The Morgan fingerprint density at radius 2 is 1.20 bits per heavy atom. The van der Waals surface area contributed by atoms with Gasteiger partial charge < -0.3 is 9.97 Å². The molecular weight excluding hydrogens is 687 g/mol. The first kappa shape index (κ1) is 29.1. The molecule has 3 aromatic carbocycles. The molecule has 200 valence electrons. The number of fused-ring (bicyclic) bond motifs is 1. The van der Waals surface area contributed by atoms with Crippen molar-refractivity contribution >= 4 is 10.9 Å². The van der Waals surface area contributed by atoms with Crippen molar-refractivity contribution in [3.63, 3.8) is 0 Å². The molecule has 0 unspecified atom stereocenters. The third kappa shape index (κ3) is 8.29. The van der Waals surface area contributed by atoms with Crippen molar-refractivity contribution in [1.29, 1.82) is 0 Å². The molecule has 7 rings (SSSR count). The first-order valence-corrected chi connectivity index (χ1v) is 12.6. The molecule has 0 fully saturated rings. The van der Waals surface area contributed by atoms with Crippen LogP contribution in [-0.4, -0.2) is 25.3 Å². The summed E-state index contributed by atoms with van der Waals surface area (Å²) in [5.74, 6) is 0.549. The van der Waals surface area contributed by atoms with E-state index in [0.29, 0.717) is 5.82 Å². The molecular formula is C33H25IrN7+. The number of pyridine rings is 3. The Kier molecular flexibility index (Phi) is 10.7. The predicted octanol–water partition coefficient (Wildman–Crippen LogP) is 5.57. The van der Waals surface area contributed by atoms with Gasteiger partial charge in [0.1, 0.15) is 5.69 Å². The number of hydrogen-bond acceptors (Lipinski definition) is 5. The molecule has 0 radical (unpaired) electrons. The second-order valence-electron chi connectivity index (χ2n) is 8.47. The molecule has 7 aromatic rings. The van der Waals surface area contributed by atoms with Crippen LogP contribution in [0.4, 0.5) is 0 Å². The second-order valence-corrected chi connectivity index (χ2v) is 8.47. The van der Waals surface area contributed by atoms with E-state index in [2.05, 4.69) is 42.5 Å². The maximum atomic E-state index is 4.48. The predicted molar refractivity (Wildman–Crippen MR) is 154 cm³/mol. The van der Waals surface area contributed by atoms with Crippen molar-refractivity contribution < 1.29 is 24.9 Å². The van der Waals surface area contributed by atoms with Gasteiger partial charge in [-0.15, -0.1) is 82.0 Å². The summed E-state index contributed by atoms with van der Waals surface area (Å²) >= 11 is 0. The van der Waals surface area contributed by atoms with Gasteiger partial charge in [-0.2, -0.15) is 4.80 Å². The number of aromatic nitrogens is 7. The van der Waals surface area contributed by atoms with Crippen LogP contribution < -0.4 is 9.90 Å². The van der Waals surface area contributed by atoms with Gasteiger partial charge in [-0.05, 0) is 40.9 Å². The van der Waals surface area contributed by atoms with Crippen molar-refractivity contribution in [3.05, 3.63) is 146 Å². The van der Waals surface area contributed by atoms with Crippen LogP contribution in [0.15, 0.2) is 134 Å². The minimum Gasteiger partial charge on any atom is -0.305 e. The molecule has 0 N–H and O–H groups in total. The summed E-state index contributed by atoms with van der Waals surface area (Å²) in [6.45, 7) is 0. The van der Waals surface area contributed by atoms with Crippen molar-refractivity contribution in [2.24, 2.45) is 7.05 Å². The van der Waals surface area contributed by atoms with Gasteiger partial charge in [0.05, 0.1) is 12.6 Å². The van der Waals surface area contributed by atoms with Crippen LogP contribution in [0.2, 0.25) is 0 Å². The van der Waals surface area contributed by atoms with E-state index in [1.165, 1.54) is 4.80 Å². The van der Waals surface area contributed by atoms with Gasteiger partial charge in [0.15, 0.2) is 0 Å². The number of hydrogen-bond donors (Lipinski definition) is 0. The molecule has 0 amide bonds. The van der Waals surface area contributed by atoms with Crippen LogP contribution in [0.3, 0.4) is 0 Å².